The molecule has 1 atom stereocenters. The van der Waals surface area contributed by atoms with E-state index in [0.29, 0.717) is 4.91 Å². The van der Waals surface area contributed by atoms with Crippen LogP contribution in [0.25, 0.3) is 0 Å². The molecule has 0 fully saturated rings. The molecule has 0 aliphatic carbocycles. The van der Waals surface area contributed by atoms with Gasteiger partial charge in [0.1, 0.15) is 0 Å². The van der Waals surface area contributed by atoms with E-state index in [1.165, 1.54) is 7.05 Å². The summed E-state index contributed by atoms with van der Waals surface area (Å²) in [4.78, 5) is 0.581. The first-order chi connectivity index (χ1) is 4.54. The van der Waals surface area contributed by atoms with Gasteiger partial charge in [-0.2, -0.15) is 0 Å². The Morgan fingerprint density at radius 2 is 2.20 bits per heavy atom. The smallest absolute Gasteiger partial charge is 0.0714 e. The zero-order valence-corrected chi connectivity index (χ0v) is 7.44. The highest BCUT2D eigenvalue weighted by Gasteiger charge is 1.99. The lowest BCUT2D eigenvalue weighted by Crippen LogP contribution is -1.96. The summed E-state index contributed by atoms with van der Waals surface area (Å²) in [5.41, 5.74) is 0. The van der Waals surface area contributed by atoms with Crippen molar-refractivity contribution < 1.29 is 4.21 Å². The van der Waals surface area contributed by atoms with E-state index in [1.54, 1.807) is 18.4 Å². The van der Waals surface area contributed by atoms with Crippen molar-refractivity contribution in [3.8, 4) is 0 Å². The van der Waals surface area contributed by atoms with Gasteiger partial charge in [-0.15, -0.1) is 0 Å². The van der Waals surface area contributed by atoms with Crippen molar-refractivity contribution in [3.63, 3.8) is 0 Å². The molecule has 0 rings (SSSR count). The normalized spacial score (nSPS) is 16.7. The molecule has 58 valence electrons. The Morgan fingerprint density at radius 1 is 1.70 bits per heavy atom. The number of nitrogens with zero attached hydrogens (tertiary/aromatic N) is 1. The molecule has 0 aromatic rings. The maximum absolute atomic E-state index is 11.3. The van der Waals surface area contributed by atoms with E-state index >= 15 is 0 Å². The number of hydrogen-bond donors (Lipinski definition) is 0. The van der Waals surface area contributed by atoms with Crippen LogP contribution in [0.15, 0.2) is 28.0 Å². The molecule has 0 heterocycles. The van der Waals surface area contributed by atoms with E-state index < -0.39 is 9.73 Å². The summed E-state index contributed by atoms with van der Waals surface area (Å²) in [5, 5.41) is 0. The number of rotatable bonds is 2. The zero-order valence-electron chi connectivity index (χ0n) is 6.63. The summed E-state index contributed by atoms with van der Waals surface area (Å²) in [5.74, 6) is 0. The SMILES string of the molecule is C=C(/C=C\C)S(C)(=O)=NC. The van der Waals surface area contributed by atoms with Crippen LogP contribution in [-0.4, -0.2) is 17.5 Å². The molecular formula is C7H13NOS. The van der Waals surface area contributed by atoms with Gasteiger partial charge < -0.3 is 0 Å². The van der Waals surface area contributed by atoms with Crippen molar-refractivity contribution in [2.45, 2.75) is 6.92 Å². The molecular weight excluding hydrogens is 146 g/mol. The summed E-state index contributed by atoms with van der Waals surface area (Å²) in [6, 6.07) is 0. The molecule has 0 aliphatic heterocycles. The molecule has 0 N–H and O–H groups in total. The van der Waals surface area contributed by atoms with Crippen LogP contribution in [0.5, 0.6) is 0 Å². The van der Waals surface area contributed by atoms with E-state index in [0.717, 1.165) is 0 Å². The van der Waals surface area contributed by atoms with Crippen LogP contribution >= 0.6 is 0 Å². The van der Waals surface area contributed by atoms with Gasteiger partial charge >= 0.3 is 0 Å². The highest BCUT2D eigenvalue weighted by Crippen LogP contribution is 2.05. The summed E-state index contributed by atoms with van der Waals surface area (Å²) in [7, 11) is -0.628. The van der Waals surface area contributed by atoms with E-state index in [1.807, 2.05) is 6.92 Å². The fourth-order valence-corrected chi connectivity index (χ4v) is 1.05. The van der Waals surface area contributed by atoms with Gasteiger partial charge in [0.05, 0.1) is 9.73 Å². The fraction of sp³-hybridized carbons (Fsp3) is 0.429. The monoisotopic (exact) mass is 159 g/mol. The minimum atomic E-state index is -2.17. The van der Waals surface area contributed by atoms with Crippen LogP contribution in [0, 0.1) is 0 Å². The fourth-order valence-electron chi connectivity index (χ4n) is 0.429. The maximum Gasteiger partial charge on any atom is 0.0714 e. The van der Waals surface area contributed by atoms with Crippen molar-refractivity contribution in [1.29, 1.82) is 0 Å². The van der Waals surface area contributed by atoms with Crippen molar-refractivity contribution in [3.05, 3.63) is 23.6 Å². The Morgan fingerprint density at radius 3 is 2.50 bits per heavy atom. The third kappa shape index (κ3) is 2.35. The second-order valence-corrected chi connectivity index (χ2v) is 4.45. The molecule has 0 radical (unpaired) electrons. The number of hydrogen-bond acceptors (Lipinski definition) is 2. The van der Waals surface area contributed by atoms with Crippen molar-refractivity contribution >= 4 is 9.73 Å². The van der Waals surface area contributed by atoms with Crippen molar-refractivity contribution in [2.24, 2.45) is 4.36 Å². The highest BCUT2D eigenvalue weighted by molar-refractivity contribution is 7.96. The first-order valence-electron chi connectivity index (χ1n) is 2.96. The van der Waals surface area contributed by atoms with Gasteiger partial charge in [0, 0.05) is 18.2 Å². The Hall–Kier alpha value is -0.570. The van der Waals surface area contributed by atoms with Crippen LogP contribution in [-0.2, 0) is 9.73 Å². The molecule has 0 aliphatic rings. The molecule has 3 heteroatoms. The number of allylic oxidation sites excluding steroid dienone is 2. The summed E-state index contributed by atoms with van der Waals surface area (Å²) >= 11 is 0. The van der Waals surface area contributed by atoms with E-state index in [2.05, 4.69) is 10.9 Å². The van der Waals surface area contributed by atoms with Crippen LogP contribution in [0.4, 0.5) is 0 Å². The average Bonchev–Trinajstić information content (AvgIpc) is 1.89. The van der Waals surface area contributed by atoms with E-state index in [-0.39, 0.29) is 0 Å². The van der Waals surface area contributed by atoms with Crippen molar-refractivity contribution in [1.82, 2.24) is 0 Å². The average molecular weight is 159 g/mol. The topological polar surface area (TPSA) is 29.4 Å². The van der Waals surface area contributed by atoms with Crippen LogP contribution in [0.3, 0.4) is 0 Å². The predicted molar refractivity (Wildman–Crippen MR) is 46.4 cm³/mol. The van der Waals surface area contributed by atoms with Gasteiger partial charge in [0.2, 0.25) is 0 Å². The van der Waals surface area contributed by atoms with Gasteiger partial charge in [-0.05, 0) is 6.92 Å². The Kier molecular flexibility index (Phi) is 3.36. The minimum Gasteiger partial charge on any atom is -0.245 e. The van der Waals surface area contributed by atoms with Crippen LogP contribution in [0.2, 0.25) is 0 Å². The van der Waals surface area contributed by atoms with Crippen LogP contribution < -0.4 is 0 Å². The first-order valence-corrected chi connectivity index (χ1v) is 4.88. The Bertz CT molecular complexity index is 257. The third-order valence-corrected chi connectivity index (χ3v) is 2.99. The van der Waals surface area contributed by atoms with Gasteiger partial charge in [0.25, 0.3) is 0 Å². The first kappa shape index (κ1) is 9.43. The molecule has 0 saturated heterocycles. The molecule has 10 heavy (non-hydrogen) atoms. The molecule has 0 spiro atoms. The second-order valence-electron chi connectivity index (χ2n) is 1.95. The molecule has 0 amide bonds. The van der Waals surface area contributed by atoms with Crippen LogP contribution in [0.1, 0.15) is 6.92 Å². The van der Waals surface area contributed by atoms with Gasteiger partial charge in [-0.1, -0.05) is 18.7 Å². The molecule has 0 aromatic carbocycles. The van der Waals surface area contributed by atoms with Gasteiger partial charge in [-0.25, -0.2) is 8.57 Å². The maximum atomic E-state index is 11.3. The highest BCUT2D eigenvalue weighted by atomic mass is 32.2. The predicted octanol–water partition coefficient (Wildman–Crippen LogP) is 1.80. The lowest BCUT2D eigenvalue weighted by molar-refractivity contribution is 0.684. The van der Waals surface area contributed by atoms with Gasteiger partial charge in [0.15, 0.2) is 0 Å². The molecule has 0 saturated carbocycles. The second kappa shape index (κ2) is 3.56. The van der Waals surface area contributed by atoms with E-state index in [9.17, 15) is 4.21 Å². The lowest BCUT2D eigenvalue weighted by Gasteiger charge is -1.99. The van der Waals surface area contributed by atoms with E-state index in [4.69, 9.17) is 0 Å². The van der Waals surface area contributed by atoms with Gasteiger partial charge in [-0.3, -0.25) is 0 Å². The molecule has 2 nitrogen and oxygen atoms in total. The molecule has 0 aromatic heterocycles. The quantitative estimate of drug-likeness (QED) is 0.565. The minimum absolute atomic E-state index is 0.581. The van der Waals surface area contributed by atoms with Crippen molar-refractivity contribution in [2.75, 3.05) is 13.3 Å². The summed E-state index contributed by atoms with van der Waals surface area (Å²) in [6.45, 7) is 5.49. The molecule has 0 bridgehead atoms. The zero-order chi connectivity index (χ0) is 8.20. The largest absolute Gasteiger partial charge is 0.245 e. The third-order valence-electron chi connectivity index (χ3n) is 1.19. The molecule has 1 unspecified atom stereocenters. The Labute approximate surface area is 62.8 Å². The standard InChI is InChI=1S/C7H13NOS/c1-5-6-7(2)10(4,9)8-3/h5-6H,2H2,1,3-4H3/b6-5-. The lowest BCUT2D eigenvalue weighted by atomic mass is 10.5. The summed E-state index contributed by atoms with van der Waals surface area (Å²) < 4.78 is 15.0. The Balaban J connectivity index is 4.70. The summed E-state index contributed by atoms with van der Waals surface area (Å²) in [6.07, 6.45) is 5.10.